The Kier molecular flexibility index (Phi) is 4.26. The molecule has 0 fully saturated rings. The zero-order valence-corrected chi connectivity index (χ0v) is 12.7. The number of carbonyl (C=O) groups is 2. The Labute approximate surface area is 124 Å². The first-order valence-corrected chi connectivity index (χ1v) is 6.84. The molecule has 110 valence electrons. The van der Waals surface area contributed by atoms with Crippen molar-refractivity contribution < 1.29 is 14.3 Å². The lowest BCUT2D eigenvalue weighted by Gasteiger charge is -2.13. The van der Waals surface area contributed by atoms with Crippen molar-refractivity contribution in [2.45, 2.75) is 26.9 Å². The number of hydrogen-bond acceptors (Lipinski definition) is 3. The van der Waals surface area contributed by atoms with Gasteiger partial charge in [0.1, 0.15) is 5.69 Å². The molecule has 2 rings (SSSR count). The highest BCUT2D eigenvalue weighted by Gasteiger charge is 2.21. The summed E-state index contributed by atoms with van der Waals surface area (Å²) in [5.41, 5.74) is 3.15. The molecule has 0 spiro atoms. The third kappa shape index (κ3) is 3.21. The predicted octanol–water partition coefficient (Wildman–Crippen LogP) is 3.07. The summed E-state index contributed by atoms with van der Waals surface area (Å²) >= 11 is 0. The molecule has 1 heterocycles. The largest absolute Gasteiger partial charge is 0.450 e. The van der Waals surface area contributed by atoms with E-state index in [2.05, 4.69) is 0 Å². The maximum atomic E-state index is 12.3. The number of Topliss-reactive ketones (excluding diaryl/α,β-unsaturated/α-hetero) is 1. The first kappa shape index (κ1) is 15.0. The van der Waals surface area contributed by atoms with Gasteiger partial charge in [0.25, 0.3) is 0 Å². The molecule has 0 aliphatic carbocycles. The van der Waals surface area contributed by atoms with Crippen LogP contribution in [0.5, 0.6) is 0 Å². The van der Waals surface area contributed by atoms with Crippen LogP contribution in [0.3, 0.4) is 0 Å². The van der Waals surface area contributed by atoms with E-state index in [1.807, 2.05) is 26.0 Å². The lowest BCUT2D eigenvalue weighted by Crippen LogP contribution is -2.25. The molecule has 1 aromatic heterocycles. The Balaban J connectivity index is 2.11. The van der Waals surface area contributed by atoms with E-state index in [1.54, 1.807) is 42.9 Å². The molecule has 4 heteroatoms. The molecule has 0 amide bonds. The molecular formula is C17H19NO3. The van der Waals surface area contributed by atoms with Crippen molar-refractivity contribution >= 4 is 11.8 Å². The summed E-state index contributed by atoms with van der Waals surface area (Å²) in [7, 11) is 1.76. The van der Waals surface area contributed by atoms with E-state index in [9.17, 15) is 9.59 Å². The van der Waals surface area contributed by atoms with Crippen LogP contribution < -0.4 is 0 Å². The van der Waals surface area contributed by atoms with E-state index < -0.39 is 12.1 Å². The number of rotatable bonds is 4. The van der Waals surface area contributed by atoms with E-state index in [-0.39, 0.29) is 5.78 Å². The van der Waals surface area contributed by atoms with Crippen molar-refractivity contribution in [3.63, 3.8) is 0 Å². The van der Waals surface area contributed by atoms with Gasteiger partial charge >= 0.3 is 5.97 Å². The number of benzene rings is 1. The number of carbonyl (C=O) groups excluding carboxylic acids is 2. The van der Waals surface area contributed by atoms with Gasteiger partial charge in [0.05, 0.1) is 0 Å². The summed E-state index contributed by atoms with van der Waals surface area (Å²) in [6.07, 6.45) is 0.946. The van der Waals surface area contributed by atoms with Crippen molar-refractivity contribution in [1.29, 1.82) is 0 Å². The van der Waals surface area contributed by atoms with E-state index in [4.69, 9.17) is 4.74 Å². The summed E-state index contributed by atoms with van der Waals surface area (Å²) in [5, 5.41) is 0. The average molecular weight is 285 g/mol. The highest BCUT2D eigenvalue weighted by atomic mass is 16.5. The second-order valence-corrected chi connectivity index (χ2v) is 5.22. The molecule has 1 atom stereocenters. The van der Waals surface area contributed by atoms with Crippen LogP contribution in [0.25, 0.3) is 0 Å². The topological polar surface area (TPSA) is 48.3 Å². The molecule has 0 saturated carbocycles. The van der Waals surface area contributed by atoms with Gasteiger partial charge in [-0.1, -0.05) is 12.1 Å². The molecule has 1 unspecified atom stereocenters. The SMILES string of the molecule is Cc1ccc(C(=O)C(C)OC(=O)c2cccn2C)cc1C. The van der Waals surface area contributed by atoms with Gasteiger partial charge in [-0.2, -0.15) is 0 Å². The number of aromatic nitrogens is 1. The van der Waals surface area contributed by atoms with Crippen LogP contribution >= 0.6 is 0 Å². The van der Waals surface area contributed by atoms with Crippen molar-refractivity contribution in [1.82, 2.24) is 4.57 Å². The summed E-state index contributed by atoms with van der Waals surface area (Å²) < 4.78 is 6.91. The average Bonchev–Trinajstić information content (AvgIpc) is 2.87. The highest BCUT2D eigenvalue weighted by molar-refractivity contribution is 6.01. The van der Waals surface area contributed by atoms with Crippen molar-refractivity contribution in [3.05, 3.63) is 58.9 Å². The molecule has 2 aromatic rings. The van der Waals surface area contributed by atoms with Gasteiger partial charge in [0.2, 0.25) is 5.78 Å². The summed E-state index contributed by atoms with van der Waals surface area (Å²) in [5.74, 6) is -0.687. The molecule has 0 aliphatic heterocycles. The second kappa shape index (κ2) is 5.95. The molecule has 0 aliphatic rings. The van der Waals surface area contributed by atoms with Gasteiger partial charge in [0, 0.05) is 18.8 Å². The lowest BCUT2D eigenvalue weighted by atomic mass is 10.0. The molecule has 4 nitrogen and oxygen atoms in total. The van der Waals surface area contributed by atoms with Gasteiger partial charge in [-0.25, -0.2) is 4.79 Å². The fourth-order valence-corrected chi connectivity index (χ4v) is 2.08. The fraction of sp³-hybridized carbons (Fsp3) is 0.294. The number of hydrogen-bond donors (Lipinski definition) is 0. The third-order valence-electron chi connectivity index (χ3n) is 3.60. The minimum atomic E-state index is -0.811. The van der Waals surface area contributed by atoms with Crippen molar-refractivity contribution in [2.24, 2.45) is 7.05 Å². The molecule has 1 aromatic carbocycles. The van der Waals surface area contributed by atoms with Crippen LogP contribution in [-0.2, 0) is 11.8 Å². The van der Waals surface area contributed by atoms with Crippen LogP contribution in [0.1, 0.15) is 38.9 Å². The molecule has 0 bridgehead atoms. The standard InChI is InChI=1S/C17H19NO3/c1-11-7-8-14(10-12(11)2)16(19)13(3)21-17(20)15-6-5-9-18(15)4/h5-10,13H,1-4H3. The van der Waals surface area contributed by atoms with Crippen LogP contribution in [0.2, 0.25) is 0 Å². The van der Waals surface area contributed by atoms with E-state index in [0.29, 0.717) is 11.3 Å². The molecule has 21 heavy (non-hydrogen) atoms. The number of aryl methyl sites for hydroxylation is 3. The van der Waals surface area contributed by atoms with Gasteiger partial charge in [-0.15, -0.1) is 0 Å². The maximum Gasteiger partial charge on any atom is 0.355 e. The predicted molar refractivity (Wildman–Crippen MR) is 80.5 cm³/mol. The normalized spacial score (nSPS) is 12.0. The van der Waals surface area contributed by atoms with Gasteiger partial charge in [-0.3, -0.25) is 4.79 Å². The zero-order valence-electron chi connectivity index (χ0n) is 12.7. The lowest BCUT2D eigenvalue weighted by molar-refractivity contribution is 0.0309. The van der Waals surface area contributed by atoms with Crippen LogP contribution in [0.4, 0.5) is 0 Å². The molecule has 0 N–H and O–H groups in total. The molecular weight excluding hydrogens is 266 g/mol. The van der Waals surface area contributed by atoms with Gasteiger partial charge < -0.3 is 9.30 Å². The van der Waals surface area contributed by atoms with E-state index >= 15 is 0 Å². The van der Waals surface area contributed by atoms with Crippen LogP contribution in [0, 0.1) is 13.8 Å². The van der Waals surface area contributed by atoms with Crippen LogP contribution in [-0.4, -0.2) is 22.4 Å². The monoisotopic (exact) mass is 285 g/mol. The van der Waals surface area contributed by atoms with Gasteiger partial charge in [-0.05, 0) is 50.1 Å². The van der Waals surface area contributed by atoms with E-state index in [1.165, 1.54) is 0 Å². The van der Waals surface area contributed by atoms with Crippen LogP contribution in [0.15, 0.2) is 36.5 Å². The number of ether oxygens (including phenoxy) is 1. The quantitative estimate of drug-likeness (QED) is 0.640. The smallest absolute Gasteiger partial charge is 0.355 e. The van der Waals surface area contributed by atoms with E-state index in [0.717, 1.165) is 11.1 Å². The summed E-state index contributed by atoms with van der Waals surface area (Å²) in [6.45, 7) is 5.54. The Bertz CT molecular complexity index is 685. The fourth-order valence-electron chi connectivity index (χ4n) is 2.08. The Morgan fingerprint density at radius 1 is 1.14 bits per heavy atom. The second-order valence-electron chi connectivity index (χ2n) is 5.22. The Morgan fingerprint density at radius 2 is 1.86 bits per heavy atom. The van der Waals surface area contributed by atoms with Crippen molar-refractivity contribution in [2.75, 3.05) is 0 Å². The first-order valence-electron chi connectivity index (χ1n) is 6.84. The summed E-state index contributed by atoms with van der Waals surface area (Å²) in [4.78, 5) is 24.3. The maximum absolute atomic E-state index is 12.3. The minimum Gasteiger partial charge on any atom is -0.450 e. The number of esters is 1. The summed E-state index contributed by atoms with van der Waals surface area (Å²) in [6, 6.07) is 8.90. The molecule has 0 radical (unpaired) electrons. The Hall–Kier alpha value is -2.36. The first-order chi connectivity index (χ1) is 9.90. The number of nitrogens with zero attached hydrogens (tertiary/aromatic N) is 1. The highest BCUT2D eigenvalue weighted by Crippen LogP contribution is 2.14. The third-order valence-corrected chi connectivity index (χ3v) is 3.60. The van der Waals surface area contributed by atoms with Gasteiger partial charge in [0.15, 0.2) is 6.10 Å². The zero-order chi connectivity index (χ0) is 15.6. The Morgan fingerprint density at radius 3 is 2.43 bits per heavy atom. The number of ketones is 1. The van der Waals surface area contributed by atoms with Crippen molar-refractivity contribution in [3.8, 4) is 0 Å². The molecule has 0 saturated heterocycles. The minimum absolute atomic E-state index is 0.194.